The summed E-state index contributed by atoms with van der Waals surface area (Å²) >= 11 is 0. The van der Waals surface area contributed by atoms with E-state index in [0.717, 1.165) is 38.5 Å². The van der Waals surface area contributed by atoms with Crippen LogP contribution in [-0.2, 0) is 4.79 Å². The van der Waals surface area contributed by atoms with Crippen LogP contribution in [0.3, 0.4) is 0 Å². The third-order valence-electron chi connectivity index (χ3n) is 12.6. The molecule has 0 radical (unpaired) electrons. The van der Waals surface area contributed by atoms with Crippen molar-refractivity contribution in [2.45, 2.75) is 119 Å². The number of aliphatic hydroxyl groups excluding tert-OH is 1. The van der Waals surface area contributed by atoms with Crippen molar-refractivity contribution in [2.75, 3.05) is 0 Å². The number of carbonyl (C=O) groups is 1. The molecule has 0 aliphatic heterocycles. The molecule has 3 nitrogen and oxygen atoms in total. The highest BCUT2D eigenvalue weighted by Crippen LogP contribution is 2.75. The van der Waals surface area contributed by atoms with Crippen LogP contribution in [0.15, 0.2) is 0 Å². The molecule has 0 amide bonds. The van der Waals surface area contributed by atoms with Crippen molar-refractivity contribution in [3.8, 4) is 0 Å². The van der Waals surface area contributed by atoms with Gasteiger partial charge in [0.05, 0.1) is 11.5 Å². The predicted molar refractivity (Wildman–Crippen MR) is 126 cm³/mol. The molecule has 0 heterocycles. The van der Waals surface area contributed by atoms with Crippen molar-refractivity contribution >= 4 is 5.97 Å². The van der Waals surface area contributed by atoms with Crippen LogP contribution < -0.4 is 0 Å². The van der Waals surface area contributed by atoms with Gasteiger partial charge in [0.15, 0.2) is 0 Å². The van der Waals surface area contributed by atoms with E-state index in [0.29, 0.717) is 17.8 Å². The van der Waals surface area contributed by atoms with Gasteiger partial charge in [-0.3, -0.25) is 4.79 Å². The summed E-state index contributed by atoms with van der Waals surface area (Å²) in [5.74, 6) is 1.47. The van der Waals surface area contributed by atoms with Crippen LogP contribution in [0, 0.1) is 50.7 Å². The average Bonchev–Trinajstić information content (AvgIpc) is 2.68. The second kappa shape index (κ2) is 7.21. The van der Waals surface area contributed by atoms with Crippen LogP contribution in [0.5, 0.6) is 0 Å². The molecule has 4 aliphatic rings. The molecule has 2 N–H and O–H groups in total. The predicted octanol–water partition coefficient (Wildman–Crippen LogP) is 6.92. The zero-order valence-corrected chi connectivity index (χ0v) is 21.3. The summed E-state index contributed by atoms with van der Waals surface area (Å²) in [7, 11) is 0. The lowest BCUT2D eigenvalue weighted by Crippen LogP contribution is -2.66. The highest BCUT2D eigenvalue weighted by molar-refractivity contribution is 5.75. The van der Waals surface area contributed by atoms with E-state index in [1.165, 1.54) is 25.7 Å². The maximum Gasteiger partial charge on any atom is 0.309 e. The number of hydrogen-bond acceptors (Lipinski definition) is 2. The average molecular weight is 433 g/mol. The molecule has 0 saturated heterocycles. The van der Waals surface area contributed by atoms with Gasteiger partial charge < -0.3 is 10.2 Å². The van der Waals surface area contributed by atoms with Crippen molar-refractivity contribution < 1.29 is 15.0 Å². The summed E-state index contributed by atoms with van der Waals surface area (Å²) in [5.41, 5.74) is 0.240. The lowest BCUT2D eigenvalue weighted by molar-refractivity contribution is -0.247. The smallest absolute Gasteiger partial charge is 0.309 e. The Bertz CT molecular complexity index is 730. The van der Waals surface area contributed by atoms with Crippen LogP contribution >= 0.6 is 0 Å². The van der Waals surface area contributed by atoms with Crippen molar-refractivity contribution in [1.82, 2.24) is 0 Å². The Balaban J connectivity index is 1.72. The molecule has 6 unspecified atom stereocenters. The number of aliphatic hydroxyl groups is 1. The highest BCUT2D eigenvalue weighted by atomic mass is 16.4. The maximum absolute atomic E-state index is 12.5. The second-order valence-corrected chi connectivity index (χ2v) is 13.5. The topological polar surface area (TPSA) is 57.5 Å². The van der Waals surface area contributed by atoms with Gasteiger partial charge in [0.25, 0.3) is 0 Å². The molecule has 31 heavy (non-hydrogen) atoms. The summed E-state index contributed by atoms with van der Waals surface area (Å²) < 4.78 is 0. The minimum Gasteiger partial charge on any atom is -0.481 e. The summed E-state index contributed by atoms with van der Waals surface area (Å²) in [4.78, 5) is 12.5. The lowest BCUT2D eigenvalue weighted by Gasteiger charge is -2.72. The number of fused-ring (bicyclic) bond motifs is 5. The van der Waals surface area contributed by atoms with Crippen LogP contribution in [0.25, 0.3) is 0 Å². The molecule has 9 atom stereocenters. The summed E-state index contributed by atoms with van der Waals surface area (Å²) in [6.07, 6.45) is 10.5. The maximum atomic E-state index is 12.5. The number of carboxylic acid groups (broad SMARTS) is 1. The van der Waals surface area contributed by atoms with Gasteiger partial charge in [-0.1, -0.05) is 54.9 Å². The molecule has 0 aromatic heterocycles. The molecule has 4 aliphatic carbocycles. The minimum atomic E-state index is -0.546. The van der Waals surface area contributed by atoms with Gasteiger partial charge in [-0.05, 0) is 103 Å². The van der Waals surface area contributed by atoms with E-state index >= 15 is 0 Å². The zero-order chi connectivity index (χ0) is 23.0. The molecule has 0 bridgehead atoms. The first-order valence-electron chi connectivity index (χ1n) is 13.2. The fraction of sp³-hybridized carbons (Fsp3) is 0.964. The van der Waals surface area contributed by atoms with E-state index in [-0.39, 0.29) is 33.7 Å². The van der Waals surface area contributed by atoms with Crippen LogP contribution in [0.1, 0.15) is 113 Å². The van der Waals surface area contributed by atoms with E-state index < -0.39 is 11.4 Å². The van der Waals surface area contributed by atoms with E-state index in [9.17, 15) is 15.0 Å². The molecule has 0 aromatic carbocycles. The van der Waals surface area contributed by atoms with Gasteiger partial charge in [0.1, 0.15) is 0 Å². The first kappa shape index (κ1) is 23.6. The zero-order valence-electron chi connectivity index (χ0n) is 21.3. The Kier molecular flexibility index (Phi) is 5.49. The van der Waals surface area contributed by atoms with Gasteiger partial charge in [-0.25, -0.2) is 0 Å². The Morgan fingerprint density at radius 1 is 0.871 bits per heavy atom. The molecule has 4 fully saturated rings. The molecule has 178 valence electrons. The lowest BCUT2D eigenvalue weighted by atomic mass is 9.32. The number of carboxylic acids is 1. The van der Waals surface area contributed by atoms with Crippen LogP contribution in [0.4, 0.5) is 0 Å². The Hall–Kier alpha value is -0.570. The van der Waals surface area contributed by atoms with Crippen molar-refractivity contribution in [1.29, 1.82) is 0 Å². The van der Waals surface area contributed by atoms with Crippen molar-refractivity contribution in [2.24, 2.45) is 50.7 Å². The van der Waals surface area contributed by atoms with Crippen molar-refractivity contribution in [3.63, 3.8) is 0 Å². The van der Waals surface area contributed by atoms with E-state index in [1.807, 2.05) is 0 Å². The van der Waals surface area contributed by atoms with Gasteiger partial charge in [-0.15, -0.1) is 0 Å². The highest BCUT2D eigenvalue weighted by Gasteiger charge is 2.69. The third kappa shape index (κ3) is 2.83. The second-order valence-electron chi connectivity index (χ2n) is 13.5. The Morgan fingerprint density at radius 3 is 2.16 bits per heavy atom. The number of hydrogen-bond donors (Lipinski definition) is 2. The van der Waals surface area contributed by atoms with Gasteiger partial charge in [0, 0.05) is 0 Å². The first-order valence-corrected chi connectivity index (χ1v) is 13.2. The van der Waals surface area contributed by atoms with E-state index in [2.05, 4.69) is 48.5 Å². The molecule has 0 aromatic rings. The summed E-state index contributed by atoms with van der Waals surface area (Å²) in [5, 5.41) is 21.1. The van der Waals surface area contributed by atoms with Crippen LogP contribution in [-0.4, -0.2) is 22.3 Å². The number of rotatable bonds is 3. The third-order valence-corrected chi connectivity index (χ3v) is 12.6. The Morgan fingerprint density at radius 2 is 1.55 bits per heavy atom. The molecular formula is C28H48O3. The normalized spacial score (nSPS) is 53.7. The molecule has 4 rings (SSSR count). The molecule has 4 saturated carbocycles. The Labute approximate surface area is 190 Å². The van der Waals surface area contributed by atoms with E-state index in [4.69, 9.17) is 0 Å². The fourth-order valence-corrected chi connectivity index (χ4v) is 10.5. The minimum absolute atomic E-state index is 0.00841. The fourth-order valence-electron chi connectivity index (χ4n) is 10.5. The van der Waals surface area contributed by atoms with Gasteiger partial charge in [0.2, 0.25) is 0 Å². The monoisotopic (exact) mass is 432 g/mol. The first-order chi connectivity index (χ1) is 14.3. The summed E-state index contributed by atoms with van der Waals surface area (Å²) in [6.45, 7) is 16.7. The quantitative estimate of drug-likeness (QED) is 0.508. The molecular weight excluding hydrogens is 384 g/mol. The largest absolute Gasteiger partial charge is 0.481 e. The van der Waals surface area contributed by atoms with Crippen molar-refractivity contribution in [3.05, 3.63) is 0 Å². The van der Waals surface area contributed by atoms with E-state index in [1.54, 1.807) is 0 Å². The SMILES string of the molecule is CCCC1(C(=O)O)CC[C@]2(C)C(CC[C@@H]3C4(C)CCC(O)C(C)(C)[C@@H]4CCC32C)C1C. The molecule has 3 heteroatoms. The van der Waals surface area contributed by atoms with Gasteiger partial charge in [-0.2, -0.15) is 0 Å². The molecule has 0 spiro atoms. The van der Waals surface area contributed by atoms with Crippen LogP contribution in [0.2, 0.25) is 0 Å². The summed E-state index contributed by atoms with van der Waals surface area (Å²) in [6, 6.07) is 0. The van der Waals surface area contributed by atoms with Gasteiger partial charge >= 0.3 is 5.97 Å². The number of aliphatic carboxylic acids is 1. The standard InChI is InChI=1S/C28H48O3/c1-8-13-28(23(30)31)17-16-26(6)19(18(28)2)9-10-21-25(5)14-12-22(29)24(3,4)20(25)11-15-27(21,26)7/h18-22,29H,8-17H2,1-7H3,(H,30,31)/t18?,19?,20-,21+,22?,25?,26+,27?,28?/m0/s1.